The van der Waals surface area contributed by atoms with Crippen LogP contribution in [0, 0.1) is 0 Å². The van der Waals surface area contributed by atoms with Crippen molar-refractivity contribution in [2.75, 3.05) is 36.4 Å². The van der Waals surface area contributed by atoms with E-state index in [1.54, 1.807) is 24.3 Å². The smallest absolute Gasteiger partial charge is 0.490 e. The SMILES string of the molecule is CC(=O)Nc1cc(Cl)c(O)cc1N1CC(NC2CCN(C(=O)c3ccc(Cl)cc3)CC2)[C@H](O)C1.O=C(O)C(F)(F)F. The maximum Gasteiger partial charge on any atom is 0.490 e. The summed E-state index contributed by atoms with van der Waals surface area (Å²) < 4.78 is 31.7. The Morgan fingerprint density at radius 2 is 1.61 bits per heavy atom. The van der Waals surface area contributed by atoms with Crippen LogP contribution in [0.4, 0.5) is 24.5 Å². The number of carboxylic acid groups (broad SMARTS) is 1. The molecule has 2 saturated heterocycles. The third kappa shape index (κ3) is 8.86. The number of benzene rings is 2. The van der Waals surface area contributed by atoms with Crippen molar-refractivity contribution in [1.82, 2.24) is 10.2 Å². The Morgan fingerprint density at radius 3 is 2.15 bits per heavy atom. The van der Waals surface area contributed by atoms with Crippen LogP contribution in [0.15, 0.2) is 36.4 Å². The number of amides is 2. The number of aliphatic carboxylic acids is 1. The summed E-state index contributed by atoms with van der Waals surface area (Å²) >= 11 is 11.9. The molecule has 4 rings (SSSR count). The van der Waals surface area contributed by atoms with Crippen LogP contribution < -0.4 is 15.5 Å². The fraction of sp³-hybridized carbons (Fsp3) is 0.423. The lowest BCUT2D eigenvalue weighted by Crippen LogP contribution is -2.50. The Bertz CT molecular complexity index is 1260. The highest BCUT2D eigenvalue weighted by atomic mass is 35.5. The fourth-order valence-electron chi connectivity index (χ4n) is 4.58. The molecule has 2 atom stereocenters. The average Bonchev–Trinajstić information content (AvgIpc) is 3.25. The van der Waals surface area contributed by atoms with Gasteiger partial charge in [0.1, 0.15) is 5.75 Å². The molecule has 0 radical (unpaired) electrons. The van der Waals surface area contributed by atoms with E-state index in [0.717, 1.165) is 12.8 Å². The van der Waals surface area contributed by atoms with Crippen molar-refractivity contribution in [3.05, 3.63) is 52.0 Å². The number of piperidine rings is 1. The van der Waals surface area contributed by atoms with Crippen LogP contribution in [-0.4, -0.2) is 88.5 Å². The number of rotatable bonds is 5. The number of likely N-dealkylation sites (tertiary alicyclic amines) is 1. The zero-order valence-electron chi connectivity index (χ0n) is 21.8. The quantitative estimate of drug-likeness (QED) is 0.318. The zero-order chi connectivity index (χ0) is 30.5. The molecular formula is C26H29Cl2F3N4O6. The summed E-state index contributed by atoms with van der Waals surface area (Å²) in [7, 11) is 0. The highest BCUT2D eigenvalue weighted by molar-refractivity contribution is 6.32. The van der Waals surface area contributed by atoms with E-state index in [4.69, 9.17) is 33.1 Å². The van der Waals surface area contributed by atoms with E-state index in [2.05, 4.69) is 10.6 Å². The number of carboxylic acids is 1. The maximum atomic E-state index is 12.7. The molecule has 0 bridgehead atoms. The van der Waals surface area contributed by atoms with Gasteiger partial charge in [-0.1, -0.05) is 23.2 Å². The second kappa shape index (κ2) is 13.6. The number of hydrogen-bond acceptors (Lipinski definition) is 7. The minimum absolute atomic E-state index is 0.00441. The predicted octanol–water partition coefficient (Wildman–Crippen LogP) is 3.73. The van der Waals surface area contributed by atoms with Crippen molar-refractivity contribution in [1.29, 1.82) is 0 Å². The number of halogens is 5. The fourth-order valence-corrected chi connectivity index (χ4v) is 4.87. The molecule has 2 aromatic rings. The molecule has 0 spiro atoms. The van der Waals surface area contributed by atoms with E-state index in [1.165, 1.54) is 19.1 Å². The van der Waals surface area contributed by atoms with E-state index in [9.17, 15) is 33.0 Å². The minimum atomic E-state index is -5.08. The lowest BCUT2D eigenvalue weighted by Gasteiger charge is -2.34. The Morgan fingerprint density at radius 1 is 1.02 bits per heavy atom. The number of nitrogens with one attached hydrogen (secondary N) is 2. The molecule has 0 aromatic heterocycles. The monoisotopic (exact) mass is 620 g/mol. The van der Waals surface area contributed by atoms with Crippen molar-refractivity contribution in [2.45, 2.75) is 44.1 Å². The first-order valence-electron chi connectivity index (χ1n) is 12.5. The normalized spacial score (nSPS) is 19.4. The Hall–Kier alpha value is -3.26. The van der Waals surface area contributed by atoms with E-state index in [-0.39, 0.29) is 34.7 Å². The van der Waals surface area contributed by atoms with Crippen LogP contribution in [0.3, 0.4) is 0 Å². The van der Waals surface area contributed by atoms with Gasteiger partial charge in [-0.25, -0.2) is 4.79 Å². The topological polar surface area (TPSA) is 142 Å². The molecule has 0 aliphatic carbocycles. The number of phenols is 1. The third-order valence-electron chi connectivity index (χ3n) is 6.57. The van der Waals surface area contributed by atoms with Gasteiger partial charge in [-0.3, -0.25) is 9.59 Å². The molecule has 10 nitrogen and oxygen atoms in total. The second-order valence-electron chi connectivity index (χ2n) is 9.62. The van der Waals surface area contributed by atoms with E-state index < -0.39 is 18.2 Å². The lowest BCUT2D eigenvalue weighted by molar-refractivity contribution is -0.192. The summed E-state index contributed by atoms with van der Waals surface area (Å²) in [6, 6.07) is 9.90. The van der Waals surface area contributed by atoms with Gasteiger partial charge in [0.05, 0.1) is 28.5 Å². The Balaban J connectivity index is 0.000000587. The average molecular weight is 621 g/mol. The molecule has 2 amide bonds. The first-order valence-corrected chi connectivity index (χ1v) is 13.3. The van der Waals surface area contributed by atoms with Crippen molar-refractivity contribution in [3.8, 4) is 5.75 Å². The van der Waals surface area contributed by atoms with Gasteiger partial charge in [0.2, 0.25) is 5.91 Å². The molecule has 224 valence electrons. The summed E-state index contributed by atoms with van der Waals surface area (Å²) in [5.41, 5.74) is 1.71. The maximum absolute atomic E-state index is 12.7. The molecular weight excluding hydrogens is 592 g/mol. The molecule has 5 N–H and O–H groups in total. The molecule has 2 aliphatic rings. The number of carbonyl (C=O) groups excluding carboxylic acids is 2. The molecule has 2 aromatic carbocycles. The summed E-state index contributed by atoms with van der Waals surface area (Å²) in [4.78, 5) is 37.0. The van der Waals surface area contributed by atoms with Gasteiger partial charge in [-0.05, 0) is 43.2 Å². The van der Waals surface area contributed by atoms with Crippen molar-refractivity contribution >= 4 is 52.4 Å². The molecule has 0 saturated carbocycles. The Kier molecular flexibility index (Phi) is 10.7. The van der Waals surface area contributed by atoms with E-state index >= 15 is 0 Å². The predicted molar refractivity (Wildman–Crippen MR) is 147 cm³/mol. The molecule has 1 unspecified atom stereocenters. The number of nitrogens with zero attached hydrogens (tertiary/aromatic N) is 2. The van der Waals surface area contributed by atoms with Gasteiger partial charge in [0, 0.05) is 55.8 Å². The summed E-state index contributed by atoms with van der Waals surface area (Å²) in [5.74, 6) is -3.10. The van der Waals surface area contributed by atoms with E-state index in [1.807, 2.05) is 9.80 Å². The largest absolute Gasteiger partial charge is 0.506 e. The number of hydrogen-bond donors (Lipinski definition) is 5. The summed E-state index contributed by atoms with van der Waals surface area (Å²) in [6.07, 6.45) is -4.15. The van der Waals surface area contributed by atoms with Crippen molar-refractivity contribution < 1.29 is 42.9 Å². The highest BCUT2D eigenvalue weighted by Crippen LogP contribution is 2.37. The molecule has 2 aliphatic heterocycles. The standard InChI is InChI=1S/C24H28Cl2N4O4.C2HF3O2/c1-14(31)27-19-10-18(26)22(32)11-21(19)30-12-20(23(33)13-30)28-17-6-8-29(9-7-17)24(34)15-2-4-16(25)5-3-15;3-2(4,5)1(6)7/h2-5,10-11,17,20,23,28,32-33H,6-9,12-13H2,1H3,(H,27,31);(H,6,7)/t20?,23-;/m1./s1. The van der Waals surface area contributed by atoms with Crippen LogP contribution >= 0.6 is 23.2 Å². The van der Waals surface area contributed by atoms with Crippen LogP contribution in [0.25, 0.3) is 0 Å². The lowest BCUT2D eigenvalue weighted by atomic mass is 10.0. The molecule has 2 fully saturated rings. The molecule has 41 heavy (non-hydrogen) atoms. The second-order valence-corrected chi connectivity index (χ2v) is 10.5. The van der Waals surface area contributed by atoms with Crippen LogP contribution in [-0.2, 0) is 9.59 Å². The van der Waals surface area contributed by atoms with Gasteiger partial charge in [-0.15, -0.1) is 0 Å². The van der Waals surface area contributed by atoms with Gasteiger partial charge < -0.3 is 35.8 Å². The van der Waals surface area contributed by atoms with Crippen LogP contribution in [0.1, 0.15) is 30.1 Å². The van der Waals surface area contributed by atoms with Gasteiger partial charge >= 0.3 is 12.1 Å². The number of aromatic hydroxyl groups is 1. The number of β-amino-alcohol motifs (C(OH)–C–C–N with tert-alkyl or cyclic N) is 1. The van der Waals surface area contributed by atoms with Gasteiger partial charge in [0.25, 0.3) is 5.91 Å². The number of aliphatic hydroxyl groups is 1. The first kappa shape index (κ1) is 32.3. The van der Waals surface area contributed by atoms with Crippen molar-refractivity contribution in [2.24, 2.45) is 0 Å². The van der Waals surface area contributed by atoms with Crippen LogP contribution in [0.2, 0.25) is 10.0 Å². The highest BCUT2D eigenvalue weighted by Gasteiger charge is 2.38. The zero-order valence-corrected chi connectivity index (χ0v) is 23.3. The van der Waals surface area contributed by atoms with E-state index in [0.29, 0.717) is 48.1 Å². The molecule has 15 heteroatoms. The first-order chi connectivity index (χ1) is 19.1. The number of aliphatic hydroxyl groups excluding tert-OH is 1. The van der Waals surface area contributed by atoms with Gasteiger partial charge in [0.15, 0.2) is 0 Å². The van der Waals surface area contributed by atoms with Crippen molar-refractivity contribution in [3.63, 3.8) is 0 Å². The number of phenolic OH excluding ortho intramolecular Hbond substituents is 1. The number of carbonyl (C=O) groups is 3. The number of alkyl halides is 3. The minimum Gasteiger partial charge on any atom is -0.506 e. The molecule has 2 heterocycles. The van der Waals surface area contributed by atoms with Crippen LogP contribution in [0.5, 0.6) is 5.75 Å². The third-order valence-corrected chi connectivity index (χ3v) is 7.13. The Labute approximate surface area is 243 Å². The van der Waals surface area contributed by atoms with Gasteiger partial charge in [-0.2, -0.15) is 13.2 Å². The number of anilines is 2. The summed E-state index contributed by atoms with van der Waals surface area (Å²) in [6.45, 7) is 3.50. The summed E-state index contributed by atoms with van der Waals surface area (Å²) in [5, 5.41) is 34.9.